The molecule has 0 unspecified atom stereocenters. The lowest BCUT2D eigenvalue weighted by Gasteiger charge is -2.26. The maximum Gasteiger partial charge on any atom is 0.349 e. The van der Waals surface area contributed by atoms with E-state index in [1.165, 1.54) is 24.3 Å². The molecule has 0 saturated carbocycles. The van der Waals surface area contributed by atoms with Gasteiger partial charge in [0.1, 0.15) is 9.75 Å². The molecular formula is C29H29F2NO4S2. The summed E-state index contributed by atoms with van der Waals surface area (Å²) in [6, 6.07) is 16.3. The largest absolute Gasteiger partial charge is 0.462 e. The summed E-state index contributed by atoms with van der Waals surface area (Å²) in [6.07, 6.45) is 2.53. The quantitative estimate of drug-likeness (QED) is 0.201. The lowest BCUT2D eigenvalue weighted by molar-refractivity contribution is 0.00160. The van der Waals surface area contributed by atoms with Gasteiger partial charge in [0.05, 0.1) is 18.6 Å². The molecule has 5 nitrogen and oxygen atoms in total. The minimum atomic E-state index is -3.28. The van der Waals surface area contributed by atoms with E-state index in [2.05, 4.69) is 0 Å². The molecule has 0 radical (unpaired) electrons. The van der Waals surface area contributed by atoms with E-state index in [1.807, 2.05) is 13.0 Å². The molecule has 4 rings (SSSR count). The fourth-order valence-corrected chi connectivity index (χ4v) is 5.66. The third-order valence-corrected chi connectivity index (χ3v) is 7.53. The lowest BCUT2D eigenvalue weighted by atomic mass is 10.0. The Bertz CT molecular complexity index is 1270. The van der Waals surface area contributed by atoms with Crippen LogP contribution in [-0.4, -0.2) is 41.5 Å². The molecule has 38 heavy (non-hydrogen) atoms. The van der Waals surface area contributed by atoms with E-state index in [0.717, 1.165) is 30.6 Å². The van der Waals surface area contributed by atoms with E-state index in [0.29, 0.717) is 30.6 Å². The van der Waals surface area contributed by atoms with Gasteiger partial charge in [-0.05, 0) is 43.5 Å². The number of nitrogens with zero attached hydrogens (tertiary/aromatic N) is 1. The molecule has 1 fully saturated rings. The fraction of sp³-hybridized carbons (Fsp3) is 0.345. The zero-order valence-corrected chi connectivity index (χ0v) is 22.7. The number of benzene rings is 2. The predicted octanol–water partition coefficient (Wildman–Crippen LogP) is 7.50. The Labute approximate surface area is 230 Å². The van der Waals surface area contributed by atoms with E-state index in [4.69, 9.17) is 21.7 Å². The van der Waals surface area contributed by atoms with Crippen LogP contribution in [0.4, 0.5) is 8.78 Å². The first-order chi connectivity index (χ1) is 18.3. The van der Waals surface area contributed by atoms with Gasteiger partial charge in [0.15, 0.2) is 10.8 Å². The molecule has 2 aromatic carbocycles. The summed E-state index contributed by atoms with van der Waals surface area (Å²) in [5.74, 6) is -4.16. The average Bonchev–Trinajstić information content (AvgIpc) is 3.31. The summed E-state index contributed by atoms with van der Waals surface area (Å²) < 4.78 is 41.4. The first-order valence-corrected chi connectivity index (χ1v) is 13.9. The van der Waals surface area contributed by atoms with Crippen LogP contribution in [0.25, 0.3) is 11.1 Å². The summed E-state index contributed by atoms with van der Waals surface area (Å²) in [4.78, 5) is 28.8. The lowest BCUT2D eigenvalue weighted by Crippen LogP contribution is -2.35. The molecule has 0 aliphatic carbocycles. The number of hydrogen-bond acceptors (Lipinski definition) is 6. The fourth-order valence-electron chi connectivity index (χ4n) is 4.28. The Kier molecular flexibility index (Phi) is 9.22. The Balaban J connectivity index is 1.77. The number of thiophene rings is 1. The predicted molar refractivity (Wildman–Crippen MR) is 148 cm³/mol. The maximum atomic E-state index is 15.0. The summed E-state index contributed by atoms with van der Waals surface area (Å²) in [5, 5.41) is -0.380. The smallest absolute Gasteiger partial charge is 0.349 e. The molecule has 2 heterocycles. The van der Waals surface area contributed by atoms with Gasteiger partial charge in [-0.1, -0.05) is 67.6 Å². The first kappa shape index (κ1) is 27.9. The van der Waals surface area contributed by atoms with Crippen LogP contribution < -0.4 is 4.74 Å². The van der Waals surface area contributed by atoms with Crippen LogP contribution in [0.1, 0.15) is 63.9 Å². The van der Waals surface area contributed by atoms with Gasteiger partial charge in [-0.15, -0.1) is 11.3 Å². The second kappa shape index (κ2) is 12.6. The molecule has 1 aromatic heterocycles. The van der Waals surface area contributed by atoms with Gasteiger partial charge in [-0.3, -0.25) is 4.79 Å². The van der Waals surface area contributed by atoms with Gasteiger partial charge in [-0.2, -0.15) is 0 Å². The molecule has 0 spiro atoms. The van der Waals surface area contributed by atoms with Crippen molar-refractivity contribution in [3.05, 3.63) is 76.0 Å². The molecular weight excluding hydrogens is 528 g/mol. The van der Waals surface area contributed by atoms with Crippen LogP contribution in [0.2, 0.25) is 0 Å². The Morgan fingerprint density at radius 1 is 0.974 bits per heavy atom. The van der Waals surface area contributed by atoms with Crippen molar-refractivity contribution >= 4 is 40.5 Å². The number of piperidine rings is 1. The highest BCUT2D eigenvalue weighted by molar-refractivity contribution is 7.80. The van der Waals surface area contributed by atoms with Gasteiger partial charge in [0, 0.05) is 18.7 Å². The van der Waals surface area contributed by atoms with Crippen LogP contribution in [0, 0.1) is 0 Å². The number of amides is 1. The molecule has 3 aromatic rings. The van der Waals surface area contributed by atoms with Crippen molar-refractivity contribution in [3.63, 3.8) is 0 Å². The zero-order chi connectivity index (χ0) is 27.1. The van der Waals surface area contributed by atoms with E-state index in [9.17, 15) is 9.59 Å². The molecule has 0 bridgehead atoms. The highest BCUT2D eigenvalue weighted by Crippen LogP contribution is 2.45. The number of alkyl halides is 2. The molecule has 1 aliphatic rings. The summed E-state index contributed by atoms with van der Waals surface area (Å²) in [6.45, 7) is 3.23. The van der Waals surface area contributed by atoms with Crippen molar-refractivity contribution in [2.24, 2.45) is 0 Å². The zero-order valence-electron chi connectivity index (χ0n) is 21.1. The van der Waals surface area contributed by atoms with Crippen molar-refractivity contribution < 1.29 is 27.8 Å². The summed E-state index contributed by atoms with van der Waals surface area (Å²) in [7, 11) is 0. The van der Waals surface area contributed by atoms with Crippen LogP contribution in [-0.2, 0) is 10.7 Å². The van der Waals surface area contributed by atoms with Crippen molar-refractivity contribution in [1.82, 2.24) is 4.90 Å². The van der Waals surface area contributed by atoms with E-state index < -0.39 is 18.3 Å². The van der Waals surface area contributed by atoms with Crippen molar-refractivity contribution in [3.8, 4) is 16.9 Å². The standard InChI is InChI=1S/C29H29F2NO4S2/c1-2-18-35-28(34)25-23(20-12-6-3-7-13-20)24(26(38-25)27(33)32-16-10-5-11-17-32)36-22(37)19-29(30,31)21-14-8-4-9-15-21/h3-4,6-9,12-15H,2,5,10-11,16-19H2,1H3. The minimum absolute atomic E-state index is 0.0223. The normalized spacial score (nSPS) is 13.7. The van der Waals surface area contributed by atoms with Crippen LogP contribution in [0.5, 0.6) is 5.75 Å². The van der Waals surface area contributed by atoms with Crippen LogP contribution in [0.15, 0.2) is 60.7 Å². The SMILES string of the molecule is CCCOC(=O)c1sc(C(=O)N2CCCCC2)c(OC(=S)CC(F)(F)c2ccccc2)c1-c1ccccc1. The number of rotatable bonds is 9. The van der Waals surface area contributed by atoms with Gasteiger partial charge in [0.2, 0.25) is 0 Å². The minimum Gasteiger partial charge on any atom is -0.462 e. The molecule has 0 atom stereocenters. The van der Waals surface area contributed by atoms with E-state index in [1.54, 1.807) is 35.2 Å². The van der Waals surface area contributed by atoms with Gasteiger partial charge >= 0.3 is 5.97 Å². The number of carbonyl (C=O) groups excluding carboxylic acids is 2. The second-order valence-electron chi connectivity index (χ2n) is 9.04. The van der Waals surface area contributed by atoms with Crippen molar-refractivity contribution in [2.75, 3.05) is 19.7 Å². The average molecular weight is 558 g/mol. The summed E-state index contributed by atoms with van der Waals surface area (Å²) in [5.41, 5.74) is 0.730. The first-order valence-electron chi connectivity index (χ1n) is 12.6. The molecule has 1 aliphatic heterocycles. The molecule has 9 heteroatoms. The number of hydrogen-bond donors (Lipinski definition) is 0. The maximum absolute atomic E-state index is 15.0. The Morgan fingerprint density at radius 2 is 1.61 bits per heavy atom. The topological polar surface area (TPSA) is 55.8 Å². The molecule has 1 saturated heterocycles. The number of likely N-dealkylation sites (tertiary alicyclic amines) is 1. The highest BCUT2D eigenvalue weighted by atomic mass is 32.1. The van der Waals surface area contributed by atoms with Crippen molar-refractivity contribution in [1.29, 1.82) is 0 Å². The monoisotopic (exact) mass is 557 g/mol. The number of thiocarbonyl (C=S) groups is 1. The molecule has 1 amide bonds. The number of ether oxygens (including phenoxy) is 2. The number of halogens is 2. The number of carbonyl (C=O) groups is 2. The van der Waals surface area contributed by atoms with Gasteiger partial charge in [0.25, 0.3) is 11.8 Å². The highest BCUT2D eigenvalue weighted by Gasteiger charge is 2.36. The van der Waals surface area contributed by atoms with E-state index >= 15 is 8.78 Å². The van der Waals surface area contributed by atoms with Crippen LogP contribution in [0.3, 0.4) is 0 Å². The molecule has 200 valence electrons. The van der Waals surface area contributed by atoms with Crippen molar-refractivity contribution in [2.45, 2.75) is 45.0 Å². The summed E-state index contributed by atoms with van der Waals surface area (Å²) >= 11 is 6.26. The van der Waals surface area contributed by atoms with Gasteiger partial charge < -0.3 is 14.4 Å². The van der Waals surface area contributed by atoms with Gasteiger partial charge in [-0.25, -0.2) is 13.6 Å². The number of esters is 1. The second-order valence-corrected chi connectivity index (χ2v) is 10.5. The van der Waals surface area contributed by atoms with E-state index in [-0.39, 0.29) is 38.6 Å². The molecule has 0 N–H and O–H groups in total. The third-order valence-electron chi connectivity index (χ3n) is 6.17. The third kappa shape index (κ3) is 6.45. The van der Waals surface area contributed by atoms with Crippen LogP contribution >= 0.6 is 23.6 Å². The Hall–Kier alpha value is -3.17. The Morgan fingerprint density at radius 3 is 2.24 bits per heavy atom.